The van der Waals surface area contributed by atoms with Crippen LogP contribution in [0.5, 0.6) is 0 Å². The van der Waals surface area contributed by atoms with Gasteiger partial charge in [-0.1, -0.05) is 6.07 Å². The summed E-state index contributed by atoms with van der Waals surface area (Å²) >= 11 is 3.07. The van der Waals surface area contributed by atoms with E-state index in [4.69, 9.17) is 0 Å². The summed E-state index contributed by atoms with van der Waals surface area (Å²) in [6, 6.07) is 8.46. The molecule has 0 saturated heterocycles. The first-order valence-corrected chi connectivity index (χ1v) is 7.33. The van der Waals surface area contributed by atoms with Gasteiger partial charge in [0.1, 0.15) is 11.6 Å². The number of aryl methyl sites for hydroxylation is 1. The molecule has 0 radical (unpaired) electrons. The van der Waals surface area contributed by atoms with Crippen LogP contribution in [0.1, 0.15) is 11.1 Å². The third-order valence-electron chi connectivity index (χ3n) is 3.30. The second-order valence-electron chi connectivity index (χ2n) is 5.07. The van der Waals surface area contributed by atoms with Crippen LogP contribution >= 0.6 is 15.9 Å². The highest BCUT2D eigenvalue weighted by Crippen LogP contribution is 2.25. The van der Waals surface area contributed by atoms with Gasteiger partial charge in [-0.15, -0.1) is 0 Å². The predicted octanol–water partition coefficient (Wildman–Crippen LogP) is 4.71. The van der Waals surface area contributed by atoms with E-state index in [1.54, 1.807) is 0 Å². The molecular formula is C16H17BrF2N2. The Balaban J connectivity index is 2.21. The van der Waals surface area contributed by atoms with E-state index >= 15 is 0 Å². The molecule has 0 aliphatic heterocycles. The summed E-state index contributed by atoms with van der Waals surface area (Å²) < 4.78 is 27.9. The van der Waals surface area contributed by atoms with Gasteiger partial charge in [0.25, 0.3) is 0 Å². The highest BCUT2D eigenvalue weighted by atomic mass is 79.9. The normalized spacial score (nSPS) is 10.6. The Morgan fingerprint density at radius 1 is 1.14 bits per heavy atom. The topological polar surface area (TPSA) is 15.3 Å². The molecule has 2 rings (SSSR count). The van der Waals surface area contributed by atoms with Gasteiger partial charge >= 0.3 is 0 Å². The molecule has 0 amide bonds. The van der Waals surface area contributed by atoms with E-state index in [1.807, 2.05) is 44.1 Å². The van der Waals surface area contributed by atoms with Crippen LogP contribution in [0.2, 0.25) is 0 Å². The van der Waals surface area contributed by atoms with Crippen LogP contribution in [-0.2, 0) is 6.54 Å². The fourth-order valence-electron chi connectivity index (χ4n) is 2.12. The molecule has 0 fully saturated rings. The van der Waals surface area contributed by atoms with Gasteiger partial charge in [-0.2, -0.15) is 0 Å². The van der Waals surface area contributed by atoms with Crippen LogP contribution in [0.25, 0.3) is 0 Å². The van der Waals surface area contributed by atoms with Crippen LogP contribution < -0.4 is 10.2 Å². The molecule has 0 saturated carbocycles. The molecule has 0 bridgehead atoms. The number of anilines is 2. The third-order valence-corrected chi connectivity index (χ3v) is 3.91. The van der Waals surface area contributed by atoms with Crippen molar-refractivity contribution in [3.05, 3.63) is 57.6 Å². The Kier molecular flexibility index (Phi) is 4.83. The lowest BCUT2D eigenvalue weighted by atomic mass is 10.1. The van der Waals surface area contributed by atoms with Crippen molar-refractivity contribution in [1.82, 2.24) is 0 Å². The van der Waals surface area contributed by atoms with Gasteiger partial charge in [0, 0.05) is 37.6 Å². The van der Waals surface area contributed by atoms with Crippen molar-refractivity contribution in [2.75, 3.05) is 24.3 Å². The molecule has 0 atom stereocenters. The lowest BCUT2D eigenvalue weighted by Gasteiger charge is -2.17. The number of hydrogen-bond donors (Lipinski definition) is 1. The fourth-order valence-corrected chi connectivity index (χ4v) is 2.49. The zero-order valence-corrected chi connectivity index (χ0v) is 13.8. The van der Waals surface area contributed by atoms with E-state index in [2.05, 4.69) is 21.2 Å². The molecule has 0 unspecified atom stereocenters. The zero-order valence-electron chi connectivity index (χ0n) is 12.2. The van der Waals surface area contributed by atoms with Crippen molar-refractivity contribution in [3.8, 4) is 0 Å². The summed E-state index contributed by atoms with van der Waals surface area (Å²) in [4.78, 5) is 2.00. The molecule has 21 heavy (non-hydrogen) atoms. The summed E-state index contributed by atoms with van der Waals surface area (Å²) in [6.07, 6.45) is 0. The Bertz CT molecular complexity index is 657. The molecule has 0 aromatic heterocycles. The van der Waals surface area contributed by atoms with Gasteiger partial charge in [-0.05, 0) is 52.7 Å². The summed E-state index contributed by atoms with van der Waals surface area (Å²) in [6.45, 7) is 2.11. The molecule has 5 heteroatoms. The average molecular weight is 355 g/mol. The maximum atomic E-state index is 13.9. The Morgan fingerprint density at radius 3 is 2.52 bits per heavy atom. The maximum Gasteiger partial charge on any atom is 0.145 e. The molecule has 2 aromatic carbocycles. The number of nitrogens with zero attached hydrogens (tertiary/aromatic N) is 1. The molecule has 2 aromatic rings. The number of nitrogens with one attached hydrogen (secondary N) is 1. The van der Waals surface area contributed by atoms with Crippen molar-refractivity contribution >= 4 is 27.3 Å². The average Bonchev–Trinajstić information content (AvgIpc) is 2.44. The van der Waals surface area contributed by atoms with Crippen LogP contribution in [-0.4, -0.2) is 14.1 Å². The van der Waals surface area contributed by atoms with Gasteiger partial charge < -0.3 is 10.2 Å². The van der Waals surface area contributed by atoms with E-state index in [0.717, 1.165) is 16.9 Å². The molecule has 0 heterocycles. The maximum absolute atomic E-state index is 13.9. The fraction of sp³-hybridized carbons (Fsp3) is 0.250. The lowest BCUT2D eigenvalue weighted by molar-refractivity contribution is 0.555. The predicted molar refractivity (Wildman–Crippen MR) is 86.9 cm³/mol. The van der Waals surface area contributed by atoms with Crippen LogP contribution in [0, 0.1) is 18.6 Å². The number of benzene rings is 2. The minimum atomic E-state index is -0.567. The summed E-state index contributed by atoms with van der Waals surface area (Å²) in [5, 5.41) is 3.06. The van der Waals surface area contributed by atoms with Gasteiger partial charge in [0.2, 0.25) is 0 Å². The van der Waals surface area contributed by atoms with E-state index < -0.39 is 11.6 Å². The second-order valence-corrected chi connectivity index (χ2v) is 5.93. The first-order chi connectivity index (χ1) is 9.90. The molecular weight excluding hydrogens is 338 g/mol. The number of halogens is 3. The SMILES string of the molecule is Cc1ccc(NCc2c(F)ccc(Br)c2F)cc1N(C)C. The Morgan fingerprint density at radius 2 is 1.86 bits per heavy atom. The monoisotopic (exact) mass is 354 g/mol. The lowest BCUT2D eigenvalue weighted by Crippen LogP contribution is -2.11. The van der Waals surface area contributed by atoms with Crippen LogP contribution in [0.3, 0.4) is 0 Å². The number of hydrogen-bond acceptors (Lipinski definition) is 2. The summed E-state index contributed by atoms with van der Waals surface area (Å²) in [7, 11) is 3.92. The second kappa shape index (κ2) is 6.43. The highest BCUT2D eigenvalue weighted by molar-refractivity contribution is 9.10. The molecule has 0 aliphatic rings. The van der Waals surface area contributed by atoms with Gasteiger partial charge in [-0.3, -0.25) is 0 Å². The Labute approximate surface area is 131 Å². The third kappa shape index (κ3) is 3.53. The van der Waals surface area contributed by atoms with Gasteiger partial charge in [0.15, 0.2) is 0 Å². The van der Waals surface area contributed by atoms with Crippen LogP contribution in [0.15, 0.2) is 34.8 Å². The van der Waals surface area contributed by atoms with E-state index in [1.165, 1.54) is 12.1 Å². The highest BCUT2D eigenvalue weighted by Gasteiger charge is 2.12. The van der Waals surface area contributed by atoms with E-state index in [-0.39, 0.29) is 16.6 Å². The zero-order chi connectivity index (χ0) is 15.6. The molecule has 0 spiro atoms. The van der Waals surface area contributed by atoms with Crippen molar-refractivity contribution < 1.29 is 8.78 Å². The molecule has 0 aliphatic carbocycles. The van der Waals surface area contributed by atoms with Gasteiger partial charge in [-0.25, -0.2) is 8.78 Å². The molecule has 1 N–H and O–H groups in total. The first kappa shape index (κ1) is 15.8. The van der Waals surface area contributed by atoms with Crippen molar-refractivity contribution in [2.45, 2.75) is 13.5 Å². The standard InChI is InChI=1S/C16H17BrF2N2/c1-10-4-5-11(8-15(10)21(2)3)20-9-12-14(18)7-6-13(17)16(12)19/h4-8,20H,9H2,1-3H3. The molecule has 2 nitrogen and oxygen atoms in total. The first-order valence-electron chi connectivity index (χ1n) is 6.54. The largest absolute Gasteiger partial charge is 0.381 e. The van der Waals surface area contributed by atoms with Crippen molar-refractivity contribution in [2.24, 2.45) is 0 Å². The van der Waals surface area contributed by atoms with Crippen molar-refractivity contribution in [3.63, 3.8) is 0 Å². The summed E-state index contributed by atoms with van der Waals surface area (Å²) in [5.74, 6) is -1.12. The van der Waals surface area contributed by atoms with E-state index in [9.17, 15) is 8.78 Å². The van der Waals surface area contributed by atoms with Crippen LogP contribution in [0.4, 0.5) is 20.2 Å². The minimum absolute atomic E-state index is 0.0244. The minimum Gasteiger partial charge on any atom is -0.381 e. The van der Waals surface area contributed by atoms with Crippen molar-refractivity contribution in [1.29, 1.82) is 0 Å². The quantitative estimate of drug-likeness (QED) is 0.799. The Hall–Kier alpha value is -1.62. The van der Waals surface area contributed by atoms with E-state index in [0.29, 0.717) is 0 Å². The molecule has 112 valence electrons. The number of rotatable bonds is 4. The summed E-state index contributed by atoms with van der Waals surface area (Å²) in [5.41, 5.74) is 3.06. The van der Waals surface area contributed by atoms with Gasteiger partial charge in [0.05, 0.1) is 4.47 Å². The smallest absolute Gasteiger partial charge is 0.145 e.